The Hall–Kier alpha value is -2.19. The zero-order chi connectivity index (χ0) is 21.6. The van der Waals surface area contributed by atoms with Crippen LogP contribution in [0.25, 0.3) is 0 Å². The van der Waals surface area contributed by atoms with E-state index in [9.17, 15) is 23.1 Å². The number of hydrogen-bond acceptors (Lipinski definition) is 4. The molecular formula is C22H28N2O5S. The van der Waals surface area contributed by atoms with Crippen LogP contribution in [0.2, 0.25) is 0 Å². The summed E-state index contributed by atoms with van der Waals surface area (Å²) in [6, 6.07) is 5.11. The minimum absolute atomic E-state index is 0.0408. The molecule has 1 aliphatic heterocycles. The second kappa shape index (κ2) is 7.81. The molecule has 7 nitrogen and oxygen atoms in total. The molecule has 0 spiro atoms. The van der Waals surface area contributed by atoms with E-state index in [-0.39, 0.29) is 48.8 Å². The van der Waals surface area contributed by atoms with Crippen molar-refractivity contribution in [2.75, 3.05) is 26.2 Å². The van der Waals surface area contributed by atoms with Crippen molar-refractivity contribution < 1.29 is 23.1 Å². The fraction of sp³-hybridized carbons (Fsp3) is 0.545. The number of carbonyl (C=O) groups excluding carboxylic acids is 1. The number of piperazine rings is 1. The number of carboxylic acid groups (broad SMARTS) is 1. The third-order valence-electron chi connectivity index (χ3n) is 6.99. The van der Waals surface area contributed by atoms with Gasteiger partial charge in [-0.1, -0.05) is 18.2 Å². The van der Waals surface area contributed by atoms with E-state index in [2.05, 4.69) is 0 Å². The predicted octanol–water partition coefficient (Wildman–Crippen LogP) is 2.05. The number of nitrogens with zero attached hydrogens (tertiary/aromatic N) is 2. The zero-order valence-electron chi connectivity index (χ0n) is 17.3. The highest BCUT2D eigenvalue weighted by Gasteiger charge is 2.49. The molecule has 0 radical (unpaired) electrons. The van der Waals surface area contributed by atoms with Gasteiger partial charge in [-0.3, -0.25) is 9.59 Å². The lowest BCUT2D eigenvalue weighted by Crippen LogP contribution is -2.55. The van der Waals surface area contributed by atoms with Gasteiger partial charge in [0.2, 0.25) is 15.9 Å². The van der Waals surface area contributed by atoms with Crippen LogP contribution in [0.15, 0.2) is 35.2 Å². The number of sulfonamides is 1. The normalized spacial score (nSPS) is 29.2. The summed E-state index contributed by atoms with van der Waals surface area (Å²) in [6.07, 6.45) is 5.59. The Morgan fingerprint density at radius 1 is 0.933 bits per heavy atom. The van der Waals surface area contributed by atoms with Gasteiger partial charge in [0.15, 0.2) is 0 Å². The molecule has 8 heteroatoms. The van der Waals surface area contributed by atoms with E-state index in [0.29, 0.717) is 0 Å². The molecule has 1 saturated heterocycles. The van der Waals surface area contributed by atoms with E-state index in [1.807, 2.05) is 26.0 Å². The average molecular weight is 433 g/mol. The standard InChI is InChI=1S/C22H28N2O5S/c1-14-3-8-18(13-15(14)2)30(28,29)24-11-9-23(10-12-24)21(25)19-16-4-6-17(7-5-16)20(19)22(26)27/h3-4,6,8,13,16-17,19-20H,5,7,9-12H2,1-2H3,(H,26,27)/t16-,17+,19+,20+/m1/s1. The van der Waals surface area contributed by atoms with Crippen LogP contribution in [0.4, 0.5) is 0 Å². The van der Waals surface area contributed by atoms with Gasteiger partial charge >= 0.3 is 5.97 Å². The Labute approximate surface area is 177 Å². The molecule has 5 rings (SSSR count). The minimum atomic E-state index is -3.62. The van der Waals surface area contributed by atoms with Crippen LogP contribution in [0.3, 0.4) is 0 Å². The summed E-state index contributed by atoms with van der Waals surface area (Å²) in [5.74, 6) is -2.42. The number of carboxylic acids is 1. The number of amides is 1. The van der Waals surface area contributed by atoms with Gasteiger partial charge in [0, 0.05) is 26.2 Å². The number of benzene rings is 1. The Morgan fingerprint density at radius 3 is 2.07 bits per heavy atom. The molecule has 30 heavy (non-hydrogen) atoms. The van der Waals surface area contributed by atoms with Gasteiger partial charge in [0.1, 0.15) is 0 Å². The maximum atomic E-state index is 13.2. The Morgan fingerprint density at radius 2 is 1.53 bits per heavy atom. The van der Waals surface area contributed by atoms with Gasteiger partial charge in [-0.25, -0.2) is 8.42 Å². The number of allylic oxidation sites excluding steroid dienone is 2. The van der Waals surface area contributed by atoms with E-state index in [1.165, 1.54) is 4.31 Å². The van der Waals surface area contributed by atoms with Crippen LogP contribution >= 0.6 is 0 Å². The van der Waals surface area contributed by atoms with Gasteiger partial charge in [-0.05, 0) is 61.8 Å². The number of fused-ring (bicyclic) bond motifs is 2. The van der Waals surface area contributed by atoms with Gasteiger partial charge < -0.3 is 10.0 Å². The van der Waals surface area contributed by atoms with Crippen LogP contribution in [-0.2, 0) is 19.6 Å². The molecule has 1 aromatic carbocycles. The molecule has 4 atom stereocenters. The molecule has 1 saturated carbocycles. The molecular weight excluding hydrogens is 404 g/mol. The number of aryl methyl sites for hydroxylation is 2. The molecule has 4 aliphatic rings. The highest BCUT2D eigenvalue weighted by molar-refractivity contribution is 7.89. The van der Waals surface area contributed by atoms with Crippen molar-refractivity contribution in [3.8, 4) is 0 Å². The van der Waals surface area contributed by atoms with Crippen LogP contribution in [0.1, 0.15) is 24.0 Å². The van der Waals surface area contributed by atoms with Crippen molar-refractivity contribution in [3.05, 3.63) is 41.5 Å². The Kier molecular flexibility index (Phi) is 5.48. The van der Waals surface area contributed by atoms with Gasteiger partial charge in [-0.15, -0.1) is 0 Å². The Balaban J connectivity index is 1.46. The second-order valence-corrected chi connectivity index (χ2v) is 10.6. The molecule has 0 unspecified atom stereocenters. The first-order chi connectivity index (χ1) is 14.2. The highest BCUT2D eigenvalue weighted by Crippen LogP contribution is 2.45. The SMILES string of the molecule is Cc1ccc(S(=O)(=O)N2CCN(C(=O)[C@@H]3[C@@H](C(=O)O)[C@H]4C=C[C@@H]3CC4)CC2)cc1C. The highest BCUT2D eigenvalue weighted by atomic mass is 32.2. The second-order valence-electron chi connectivity index (χ2n) is 8.66. The molecule has 3 aliphatic carbocycles. The summed E-state index contributed by atoms with van der Waals surface area (Å²) in [4.78, 5) is 27.0. The monoisotopic (exact) mass is 432 g/mol. The smallest absolute Gasteiger partial charge is 0.307 e. The topological polar surface area (TPSA) is 95.0 Å². The molecule has 0 aromatic heterocycles. The summed E-state index contributed by atoms with van der Waals surface area (Å²) in [5.41, 5.74) is 1.96. The molecule has 1 N–H and O–H groups in total. The summed E-state index contributed by atoms with van der Waals surface area (Å²) in [6.45, 7) is 4.83. The van der Waals surface area contributed by atoms with Crippen LogP contribution in [0, 0.1) is 37.5 Å². The third-order valence-corrected chi connectivity index (χ3v) is 8.88. The average Bonchev–Trinajstić information content (AvgIpc) is 2.75. The number of hydrogen-bond donors (Lipinski definition) is 1. The lowest BCUT2D eigenvalue weighted by atomic mass is 9.62. The quantitative estimate of drug-likeness (QED) is 0.735. The van der Waals surface area contributed by atoms with Crippen LogP contribution in [0.5, 0.6) is 0 Å². The molecule has 1 aromatic rings. The largest absolute Gasteiger partial charge is 0.481 e. The van der Waals surface area contributed by atoms with E-state index >= 15 is 0 Å². The predicted molar refractivity (Wildman–Crippen MR) is 111 cm³/mol. The van der Waals surface area contributed by atoms with Crippen molar-refractivity contribution in [1.82, 2.24) is 9.21 Å². The lowest BCUT2D eigenvalue weighted by molar-refractivity contribution is -0.157. The summed E-state index contributed by atoms with van der Waals surface area (Å²) in [5, 5.41) is 9.70. The van der Waals surface area contributed by atoms with E-state index in [0.717, 1.165) is 24.0 Å². The minimum Gasteiger partial charge on any atom is -0.481 e. The fourth-order valence-electron chi connectivity index (χ4n) is 5.05. The third kappa shape index (κ3) is 3.56. The van der Waals surface area contributed by atoms with E-state index < -0.39 is 27.8 Å². The first kappa shape index (κ1) is 21.1. The summed E-state index contributed by atoms with van der Waals surface area (Å²) < 4.78 is 27.4. The maximum absolute atomic E-state index is 13.2. The van der Waals surface area contributed by atoms with Crippen molar-refractivity contribution >= 4 is 21.9 Å². The first-order valence-corrected chi connectivity index (χ1v) is 11.9. The molecule has 2 bridgehead atoms. The molecule has 162 valence electrons. The maximum Gasteiger partial charge on any atom is 0.307 e. The van der Waals surface area contributed by atoms with Crippen LogP contribution < -0.4 is 0 Å². The zero-order valence-corrected chi connectivity index (χ0v) is 18.1. The Bertz CT molecular complexity index is 995. The van der Waals surface area contributed by atoms with E-state index in [1.54, 1.807) is 23.1 Å². The first-order valence-electron chi connectivity index (χ1n) is 10.5. The van der Waals surface area contributed by atoms with Gasteiger partial charge in [-0.2, -0.15) is 4.31 Å². The van der Waals surface area contributed by atoms with Crippen molar-refractivity contribution in [2.24, 2.45) is 23.7 Å². The molecule has 1 heterocycles. The van der Waals surface area contributed by atoms with Crippen LogP contribution in [-0.4, -0.2) is 60.8 Å². The van der Waals surface area contributed by atoms with Gasteiger partial charge in [0.25, 0.3) is 0 Å². The van der Waals surface area contributed by atoms with Gasteiger partial charge in [0.05, 0.1) is 16.7 Å². The molecule has 2 fully saturated rings. The number of aliphatic carboxylic acids is 1. The summed E-state index contributed by atoms with van der Waals surface area (Å²) >= 11 is 0. The van der Waals surface area contributed by atoms with Crippen molar-refractivity contribution in [2.45, 2.75) is 31.6 Å². The van der Waals surface area contributed by atoms with Crippen molar-refractivity contribution in [1.29, 1.82) is 0 Å². The molecule has 1 amide bonds. The van der Waals surface area contributed by atoms with Crippen molar-refractivity contribution in [3.63, 3.8) is 0 Å². The fourth-order valence-corrected chi connectivity index (χ4v) is 6.56. The lowest BCUT2D eigenvalue weighted by Gasteiger charge is -2.45. The van der Waals surface area contributed by atoms with E-state index in [4.69, 9.17) is 0 Å². The summed E-state index contributed by atoms with van der Waals surface area (Å²) in [7, 11) is -3.62. The number of rotatable bonds is 4. The number of carbonyl (C=O) groups is 2.